The van der Waals surface area contributed by atoms with Gasteiger partial charge in [0, 0.05) is 25.7 Å². The quantitative estimate of drug-likeness (QED) is 0.569. The van der Waals surface area contributed by atoms with Crippen molar-refractivity contribution in [2.24, 2.45) is 0 Å². The number of furan rings is 1. The van der Waals surface area contributed by atoms with Crippen LogP contribution in [-0.4, -0.2) is 43.4 Å². The third kappa shape index (κ3) is 4.98. The molecule has 0 saturated heterocycles. The lowest BCUT2D eigenvalue weighted by Crippen LogP contribution is -2.22. The lowest BCUT2D eigenvalue weighted by molar-refractivity contribution is -0.138. The highest BCUT2D eigenvalue weighted by molar-refractivity contribution is 7.18. The zero-order chi connectivity index (χ0) is 20.0. The van der Waals surface area contributed by atoms with Crippen molar-refractivity contribution in [3.05, 3.63) is 46.2 Å². The maximum absolute atomic E-state index is 12.4. The first-order valence-corrected chi connectivity index (χ1v) is 8.85. The van der Waals surface area contributed by atoms with Gasteiger partial charge in [-0.25, -0.2) is 9.59 Å². The molecule has 0 aliphatic rings. The van der Waals surface area contributed by atoms with Crippen LogP contribution in [0.4, 0.5) is 5.00 Å². The number of rotatable bonds is 7. The van der Waals surface area contributed by atoms with Crippen molar-refractivity contribution in [3.63, 3.8) is 0 Å². The van der Waals surface area contributed by atoms with Crippen molar-refractivity contribution in [2.75, 3.05) is 26.4 Å². The standard InChI is InChI=1S/C18H20N2O6S/c1-4-24-18(23)14-12(15(27-16(14)19)17(22)20(2)3)10-26-13(21)8-7-11-6-5-9-25-11/h5-9H,4,10,19H2,1-3H3. The van der Waals surface area contributed by atoms with Gasteiger partial charge in [0.1, 0.15) is 27.8 Å². The number of anilines is 1. The number of nitrogens with two attached hydrogens (primary N) is 1. The maximum Gasteiger partial charge on any atom is 0.341 e. The monoisotopic (exact) mass is 392 g/mol. The van der Waals surface area contributed by atoms with Crippen LogP contribution >= 0.6 is 11.3 Å². The normalized spacial score (nSPS) is 10.8. The molecule has 0 saturated carbocycles. The SMILES string of the molecule is CCOC(=O)c1c(N)sc(C(=O)N(C)C)c1COC(=O)C=Cc1ccco1. The molecule has 9 heteroatoms. The molecule has 144 valence electrons. The van der Waals surface area contributed by atoms with E-state index >= 15 is 0 Å². The Morgan fingerprint density at radius 1 is 1.30 bits per heavy atom. The Kier molecular flexibility index (Phi) is 6.78. The van der Waals surface area contributed by atoms with E-state index in [0.29, 0.717) is 5.76 Å². The highest BCUT2D eigenvalue weighted by atomic mass is 32.1. The van der Waals surface area contributed by atoms with Gasteiger partial charge in [-0.15, -0.1) is 11.3 Å². The molecule has 2 heterocycles. The first-order valence-electron chi connectivity index (χ1n) is 8.03. The van der Waals surface area contributed by atoms with Crippen LogP contribution in [0.1, 0.15) is 38.3 Å². The summed E-state index contributed by atoms with van der Waals surface area (Å²) >= 11 is 0.956. The summed E-state index contributed by atoms with van der Waals surface area (Å²) in [5, 5.41) is 0.135. The Bertz CT molecular complexity index is 852. The van der Waals surface area contributed by atoms with Crippen LogP contribution < -0.4 is 5.73 Å². The number of esters is 2. The average Bonchev–Trinajstić information content (AvgIpc) is 3.25. The van der Waals surface area contributed by atoms with Crippen molar-refractivity contribution >= 4 is 40.3 Å². The predicted octanol–water partition coefficient (Wildman–Crippen LogP) is 2.56. The van der Waals surface area contributed by atoms with Gasteiger partial charge in [-0.2, -0.15) is 0 Å². The Morgan fingerprint density at radius 3 is 2.63 bits per heavy atom. The fourth-order valence-corrected chi connectivity index (χ4v) is 3.24. The number of nitrogens with zero attached hydrogens (tertiary/aromatic N) is 1. The smallest absolute Gasteiger partial charge is 0.341 e. The van der Waals surface area contributed by atoms with E-state index in [9.17, 15) is 14.4 Å². The molecule has 0 aliphatic carbocycles. The van der Waals surface area contributed by atoms with Gasteiger partial charge >= 0.3 is 11.9 Å². The summed E-state index contributed by atoms with van der Waals surface area (Å²) in [5.74, 6) is -1.18. The van der Waals surface area contributed by atoms with E-state index in [1.54, 1.807) is 33.2 Å². The van der Waals surface area contributed by atoms with E-state index in [-0.39, 0.29) is 40.1 Å². The molecule has 0 unspecified atom stereocenters. The summed E-state index contributed by atoms with van der Waals surface area (Å²) in [5.41, 5.74) is 6.20. The second-order valence-corrected chi connectivity index (χ2v) is 6.58. The van der Waals surface area contributed by atoms with Gasteiger partial charge in [0.25, 0.3) is 5.91 Å². The number of hydrogen-bond donors (Lipinski definition) is 1. The Hall–Kier alpha value is -3.07. The van der Waals surface area contributed by atoms with Gasteiger partial charge in [0.15, 0.2) is 0 Å². The van der Waals surface area contributed by atoms with E-state index in [1.165, 1.54) is 23.3 Å². The first-order chi connectivity index (χ1) is 12.8. The van der Waals surface area contributed by atoms with Crippen LogP contribution in [0.5, 0.6) is 0 Å². The zero-order valence-corrected chi connectivity index (χ0v) is 16.0. The molecular formula is C18H20N2O6S. The Labute approximate surface area is 160 Å². The van der Waals surface area contributed by atoms with Gasteiger partial charge < -0.3 is 24.5 Å². The maximum atomic E-state index is 12.4. The van der Waals surface area contributed by atoms with Gasteiger partial charge in [0.05, 0.1) is 12.9 Å². The third-order valence-electron chi connectivity index (χ3n) is 3.40. The fourth-order valence-electron chi connectivity index (χ4n) is 2.15. The largest absolute Gasteiger partial charge is 0.465 e. The number of nitrogen functional groups attached to an aromatic ring is 1. The molecule has 0 atom stereocenters. The third-order valence-corrected chi connectivity index (χ3v) is 4.45. The van der Waals surface area contributed by atoms with E-state index in [1.807, 2.05) is 0 Å². The number of hydrogen-bond acceptors (Lipinski definition) is 8. The Balaban J connectivity index is 2.25. The highest BCUT2D eigenvalue weighted by Crippen LogP contribution is 2.33. The predicted molar refractivity (Wildman–Crippen MR) is 100 cm³/mol. The number of carbonyl (C=O) groups excluding carboxylic acids is 3. The molecule has 0 radical (unpaired) electrons. The summed E-state index contributed by atoms with van der Waals surface area (Å²) in [6, 6.07) is 3.36. The summed E-state index contributed by atoms with van der Waals surface area (Å²) < 4.78 is 15.3. The van der Waals surface area contributed by atoms with Crippen molar-refractivity contribution in [1.82, 2.24) is 4.90 Å². The van der Waals surface area contributed by atoms with Crippen LogP contribution in [0.3, 0.4) is 0 Å². The fraction of sp³-hybridized carbons (Fsp3) is 0.278. The van der Waals surface area contributed by atoms with Gasteiger partial charge in [-0.3, -0.25) is 4.79 Å². The van der Waals surface area contributed by atoms with Gasteiger partial charge in [0.2, 0.25) is 0 Å². The molecule has 0 bridgehead atoms. The van der Waals surface area contributed by atoms with Crippen molar-refractivity contribution < 1.29 is 28.3 Å². The molecule has 0 aliphatic heterocycles. The van der Waals surface area contributed by atoms with E-state index < -0.39 is 11.9 Å². The molecule has 2 N–H and O–H groups in total. The molecular weight excluding hydrogens is 372 g/mol. The minimum Gasteiger partial charge on any atom is -0.465 e. The number of thiophene rings is 1. The van der Waals surface area contributed by atoms with E-state index in [0.717, 1.165) is 11.3 Å². The van der Waals surface area contributed by atoms with E-state index in [2.05, 4.69) is 0 Å². The van der Waals surface area contributed by atoms with Crippen LogP contribution in [0.2, 0.25) is 0 Å². The minimum absolute atomic E-state index is 0.0508. The summed E-state index contributed by atoms with van der Waals surface area (Å²) in [4.78, 5) is 38.2. The van der Waals surface area contributed by atoms with E-state index in [4.69, 9.17) is 19.6 Å². The second kappa shape index (κ2) is 9.04. The zero-order valence-electron chi connectivity index (χ0n) is 15.2. The number of carbonyl (C=O) groups is 3. The van der Waals surface area contributed by atoms with Crippen molar-refractivity contribution in [2.45, 2.75) is 13.5 Å². The van der Waals surface area contributed by atoms with Gasteiger partial charge in [-0.1, -0.05) is 0 Å². The molecule has 0 spiro atoms. The molecule has 27 heavy (non-hydrogen) atoms. The first kappa shape index (κ1) is 20.2. The average molecular weight is 392 g/mol. The molecule has 2 rings (SSSR count). The molecule has 0 fully saturated rings. The Morgan fingerprint density at radius 2 is 2.04 bits per heavy atom. The number of ether oxygens (including phenoxy) is 2. The summed E-state index contributed by atoms with van der Waals surface area (Å²) in [7, 11) is 3.15. The van der Waals surface area contributed by atoms with Crippen molar-refractivity contribution in [1.29, 1.82) is 0 Å². The highest BCUT2D eigenvalue weighted by Gasteiger charge is 2.28. The summed E-state index contributed by atoms with van der Waals surface area (Å²) in [6.07, 6.45) is 4.11. The van der Waals surface area contributed by atoms with Crippen LogP contribution in [0.25, 0.3) is 6.08 Å². The topological polar surface area (TPSA) is 112 Å². The van der Waals surface area contributed by atoms with Crippen LogP contribution in [0, 0.1) is 0 Å². The molecule has 2 aromatic heterocycles. The molecule has 1 amide bonds. The van der Waals surface area contributed by atoms with Crippen molar-refractivity contribution in [3.8, 4) is 0 Å². The lowest BCUT2D eigenvalue weighted by atomic mass is 10.1. The molecule has 0 aromatic carbocycles. The molecule has 2 aromatic rings. The minimum atomic E-state index is -0.666. The number of amides is 1. The second-order valence-electron chi connectivity index (χ2n) is 5.53. The summed E-state index contributed by atoms with van der Waals surface area (Å²) in [6.45, 7) is 1.51. The van der Waals surface area contributed by atoms with Crippen LogP contribution in [-0.2, 0) is 20.9 Å². The van der Waals surface area contributed by atoms with Crippen LogP contribution in [0.15, 0.2) is 28.9 Å². The van der Waals surface area contributed by atoms with Gasteiger partial charge in [-0.05, 0) is 25.1 Å². The lowest BCUT2D eigenvalue weighted by Gasteiger charge is -2.11. The molecule has 8 nitrogen and oxygen atoms in total.